The van der Waals surface area contributed by atoms with Gasteiger partial charge in [0.1, 0.15) is 6.54 Å². The van der Waals surface area contributed by atoms with Crippen molar-refractivity contribution in [2.75, 3.05) is 13.1 Å². The summed E-state index contributed by atoms with van der Waals surface area (Å²) in [4.78, 5) is 51.0. The van der Waals surface area contributed by atoms with E-state index in [1.807, 2.05) is 24.3 Å². The van der Waals surface area contributed by atoms with Crippen LogP contribution in [-0.2, 0) is 22.6 Å². The molecule has 152 valence electrons. The number of nitrogens with zero attached hydrogens (tertiary/aromatic N) is 3. The van der Waals surface area contributed by atoms with Crippen molar-refractivity contribution in [1.82, 2.24) is 9.80 Å². The SMILES string of the molecule is O=C(CN1C(=O)S/C(=C/c2ccccc2[N+](=O)[O-])C1=O)N1CCc2ccccc2C1. The topological polar surface area (TPSA) is 101 Å². The summed E-state index contributed by atoms with van der Waals surface area (Å²) in [5.41, 5.74) is 2.32. The Kier molecular flexibility index (Phi) is 5.37. The average Bonchev–Trinajstić information content (AvgIpc) is 3.01. The maximum Gasteiger partial charge on any atom is 0.294 e. The molecule has 2 aliphatic rings. The van der Waals surface area contributed by atoms with E-state index in [4.69, 9.17) is 0 Å². The molecule has 0 aliphatic carbocycles. The summed E-state index contributed by atoms with van der Waals surface area (Å²) in [6.07, 6.45) is 2.05. The Morgan fingerprint density at radius 2 is 1.80 bits per heavy atom. The molecule has 9 heteroatoms. The third kappa shape index (κ3) is 3.84. The largest absolute Gasteiger partial charge is 0.336 e. The van der Waals surface area contributed by atoms with Gasteiger partial charge in [-0.15, -0.1) is 0 Å². The minimum absolute atomic E-state index is 0.0612. The number of thioether (sulfide) groups is 1. The Balaban J connectivity index is 1.49. The van der Waals surface area contributed by atoms with Crippen LogP contribution in [0.3, 0.4) is 0 Å². The van der Waals surface area contributed by atoms with Gasteiger partial charge in [0, 0.05) is 19.2 Å². The van der Waals surface area contributed by atoms with Gasteiger partial charge in [0.15, 0.2) is 0 Å². The number of fused-ring (bicyclic) bond motifs is 1. The van der Waals surface area contributed by atoms with Crippen LogP contribution >= 0.6 is 11.8 Å². The van der Waals surface area contributed by atoms with Crippen LogP contribution in [0.5, 0.6) is 0 Å². The lowest BCUT2D eigenvalue weighted by atomic mass is 10.00. The number of hydrogen-bond donors (Lipinski definition) is 0. The number of nitro groups is 1. The predicted molar refractivity (Wildman–Crippen MR) is 111 cm³/mol. The zero-order valence-corrected chi connectivity index (χ0v) is 16.6. The van der Waals surface area contributed by atoms with Gasteiger partial charge in [-0.1, -0.05) is 36.4 Å². The number of para-hydroxylation sites is 1. The maximum atomic E-state index is 12.7. The molecule has 4 rings (SSSR count). The third-order valence-corrected chi connectivity index (χ3v) is 5.98. The van der Waals surface area contributed by atoms with Crippen LogP contribution < -0.4 is 0 Å². The quantitative estimate of drug-likeness (QED) is 0.425. The standard InChI is InChI=1S/C21H17N3O5S/c25-19(22-10-9-14-5-1-2-7-16(14)12-22)13-23-20(26)18(30-21(23)27)11-15-6-3-4-8-17(15)24(28)29/h1-8,11H,9-10,12-13H2/b18-11+. The number of imide groups is 1. The summed E-state index contributed by atoms with van der Waals surface area (Å²) in [5, 5.41) is 10.6. The van der Waals surface area contributed by atoms with Crippen molar-refractivity contribution >= 4 is 40.6 Å². The molecule has 0 radical (unpaired) electrons. The molecule has 3 amide bonds. The number of benzene rings is 2. The van der Waals surface area contributed by atoms with Gasteiger partial charge >= 0.3 is 0 Å². The van der Waals surface area contributed by atoms with Crippen LogP contribution in [0.15, 0.2) is 53.4 Å². The van der Waals surface area contributed by atoms with Gasteiger partial charge in [-0.05, 0) is 41.5 Å². The molecule has 2 aliphatic heterocycles. The number of hydrogen-bond acceptors (Lipinski definition) is 6. The number of carbonyl (C=O) groups excluding carboxylic acids is 3. The number of amides is 3. The number of rotatable bonds is 4. The van der Waals surface area contributed by atoms with Crippen molar-refractivity contribution in [2.45, 2.75) is 13.0 Å². The van der Waals surface area contributed by atoms with Gasteiger partial charge in [0.2, 0.25) is 5.91 Å². The molecule has 2 aromatic carbocycles. The fraction of sp³-hybridized carbons (Fsp3) is 0.190. The monoisotopic (exact) mass is 423 g/mol. The molecule has 1 saturated heterocycles. The zero-order chi connectivity index (χ0) is 21.3. The Morgan fingerprint density at radius 1 is 1.10 bits per heavy atom. The highest BCUT2D eigenvalue weighted by Crippen LogP contribution is 2.34. The molecule has 0 saturated carbocycles. The molecule has 2 heterocycles. The van der Waals surface area contributed by atoms with Crippen molar-refractivity contribution < 1.29 is 19.3 Å². The van der Waals surface area contributed by atoms with E-state index in [0.717, 1.165) is 16.9 Å². The molecule has 1 fully saturated rings. The summed E-state index contributed by atoms with van der Waals surface area (Å²) in [7, 11) is 0. The normalized spacial score (nSPS) is 17.4. The van der Waals surface area contributed by atoms with Crippen LogP contribution in [0.1, 0.15) is 16.7 Å². The lowest BCUT2D eigenvalue weighted by Gasteiger charge is -2.29. The molecule has 0 aromatic heterocycles. The van der Waals surface area contributed by atoms with Crippen molar-refractivity contribution in [3.05, 3.63) is 80.2 Å². The van der Waals surface area contributed by atoms with Crippen LogP contribution in [-0.4, -0.2) is 44.9 Å². The summed E-state index contributed by atoms with van der Waals surface area (Å²) in [5.74, 6) is -0.923. The van der Waals surface area contributed by atoms with E-state index in [1.54, 1.807) is 11.0 Å². The van der Waals surface area contributed by atoms with Crippen molar-refractivity contribution in [2.24, 2.45) is 0 Å². The Labute approximate surface area is 176 Å². The van der Waals surface area contributed by atoms with Crippen molar-refractivity contribution in [1.29, 1.82) is 0 Å². The highest BCUT2D eigenvalue weighted by molar-refractivity contribution is 8.18. The molecule has 0 bridgehead atoms. The summed E-state index contributed by atoms with van der Waals surface area (Å²) >= 11 is 0.679. The van der Waals surface area contributed by atoms with Crippen LogP contribution in [0, 0.1) is 10.1 Å². The van der Waals surface area contributed by atoms with E-state index in [1.165, 1.54) is 29.8 Å². The first kappa shape index (κ1) is 19.8. The number of carbonyl (C=O) groups is 3. The van der Waals surface area contributed by atoms with E-state index in [2.05, 4.69) is 0 Å². The minimum Gasteiger partial charge on any atom is -0.336 e. The molecule has 0 unspecified atom stereocenters. The molecular formula is C21H17N3O5S. The second-order valence-corrected chi connectivity index (χ2v) is 7.91. The highest BCUT2D eigenvalue weighted by atomic mass is 32.2. The molecule has 2 aromatic rings. The second kappa shape index (κ2) is 8.11. The van der Waals surface area contributed by atoms with Crippen molar-refractivity contribution in [3.63, 3.8) is 0 Å². The Bertz CT molecular complexity index is 1100. The predicted octanol–water partition coefficient (Wildman–Crippen LogP) is 3.22. The number of nitro benzene ring substituents is 1. The van der Waals surface area contributed by atoms with Gasteiger partial charge in [-0.2, -0.15) is 0 Å². The summed E-state index contributed by atoms with van der Waals surface area (Å²) in [6.45, 7) is 0.621. The van der Waals surface area contributed by atoms with E-state index < -0.39 is 16.1 Å². The fourth-order valence-electron chi connectivity index (χ4n) is 3.50. The first-order valence-electron chi connectivity index (χ1n) is 9.27. The minimum atomic E-state index is -0.617. The van der Waals surface area contributed by atoms with E-state index >= 15 is 0 Å². The van der Waals surface area contributed by atoms with Gasteiger partial charge < -0.3 is 4.90 Å². The van der Waals surface area contributed by atoms with Crippen molar-refractivity contribution in [3.8, 4) is 0 Å². The smallest absolute Gasteiger partial charge is 0.294 e. The average molecular weight is 423 g/mol. The van der Waals surface area contributed by atoms with Crippen LogP contribution in [0.25, 0.3) is 6.08 Å². The molecular weight excluding hydrogens is 406 g/mol. The van der Waals surface area contributed by atoms with Crippen LogP contribution in [0.4, 0.5) is 10.5 Å². The lowest BCUT2D eigenvalue weighted by molar-refractivity contribution is -0.385. The van der Waals surface area contributed by atoms with E-state index in [9.17, 15) is 24.5 Å². The Morgan fingerprint density at radius 3 is 2.57 bits per heavy atom. The van der Waals surface area contributed by atoms with Gasteiger partial charge in [-0.25, -0.2) is 0 Å². The highest BCUT2D eigenvalue weighted by Gasteiger charge is 2.37. The van der Waals surface area contributed by atoms with Crippen LogP contribution in [0.2, 0.25) is 0 Å². The van der Waals surface area contributed by atoms with Gasteiger partial charge in [0.25, 0.3) is 16.8 Å². The lowest BCUT2D eigenvalue weighted by Crippen LogP contribution is -2.44. The molecule has 0 atom stereocenters. The van der Waals surface area contributed by atoms with E-state index in [-0.39, 0.29) is 28.6 Å². The molecule has 0 N–H and O–H groups in total. The maximum absolute atomic E-state index is 12.7. The van der Waals surface area contributed by atoms with Gasteiger partial charge in [-0.3, -0.25) is 29.4 Å². The Hall–Kier alpha value is -3.46. The second-order valence-electron chi connectivity index (χ2n) is 6.92. The third-order valence-electron chi connectivity index (χ3n) is 5.07. The summed E-state index contributed by atoms with van der Waals surface area (Å²) < 4.78 is 0. The fourth-order valence-corrected chi connectivity index (χ4v) is 4.33. The first-order valence-corrected chi connectivity index (χ1v) is 10.1. The van der Waals surface area contributed by atoms with Gasteiger partial charge in [0.05, 0.1) is 15.4 Å². The summed E-state index contributed by atoms with van der Waals surface area (Å²) in [6, 6.07) is 13.8. The molecule has 30 heavy (non-hydrogen) atoms. The van der Waals surface area contributed by atoms with E-state index in [0.29, 0.717) is 24.9 Å². The molecule has 8 nitrogen and oxygen atoms in total. The molecule has 0 spiro atoms. The zero-order valence-electron chi connectivity index (χ0n) is 15.8. The first-order chi connectivity index (χ1) is 14.4.